The average Bonchev–Trinajstić information content (AvgIpc) is 2.40. The molecule has 0 aliphatic rings. The van der Waals surface area contributed by atoms with Crippen molar-refractivity contribution in [3.63, 3.8) is 0 Å². The largest absolute Gasteiger partial charge is 0.321 e. The van der Waals surface area contributed by atoms with E-state index in [-0.39, 0.29) is 5.56 Å². The van der Waals surface area contributed by atoms with E-state index in [1.807, 2.05) is 48.5 Å². The van der Waals surface area contributed by atoms with Gasteiger partial charge in [-0.15, -0.1) is 0 Å². The van der Waals surface area contributed by atoms with Crippen molar-refractivity contribution in [1.29, 1.82) is 0 Å². The highest BCUT2D eigenvalue weighted by Gasteiger charge is 2.07. The highest BCUT2D eigenvalue weighted by atomic mass is 79.9. The van der Waals surface area contributed by atoms with E-state index in [4.69, 9.17) is 0 Å². The molecule has 18 heavy (non-hydrogen) atoms. The Labute approximate surface area is 112 Å². The van der Waals surface area contributed by atoms with Gasteiger partial charge in [0.25, 0.3) is 0 Å². The van der Waals surface area contributed by atoms with Crippen LogP contribution in [0.4, 0.5) is 0 Å². The van der Waals surface area contributed by atoms with Crippen LogP contribution in [0.25, 0.3) is 22.0 Å². The minimum Gasteiger partial charge on any atom is -0.321 e. The fourth-order valence-corrected chi connectivity index (χ4v) is 2.57. The summed E-state index contributed by atoms with van der Waals surface area (Å²) in [6.45, 7) is 0. The van der Waals surface area contributed by atoms with Crippen LogP contribution in [0.3, 0.4) is 0 Å². The number of fused-ring (bicyclic) bond motifs is 1. The van der Waals surface area contributed by atoms with Crippen molar-refractivity contribution in [2.75, 3.05) is 0 Å². The zero-order chi connectivity index (χ0) is 12.5. The molecule has 2 aromatic carbocycles. The zero-order valence-corrected chi connectivity index (χ0v) is 11.1. The van der Waals surface area contributed by atoms with Gasteiger partial charge < -0.3 is 4.98 Å². The third-order valence-electron chi connectivity index (χ3n) is 2.91. The summed E-state index contributed by atoms with van der Waals surface area (Å²) in [5.41, 5.74) is 2.75. The Hall–Kier alpha value is -1.87. The van der Waals surface area contributed by atoms with Crippen LogP contribution in [0.5, 0.6) is 0 Å². The highest BCUT2D eigenvalue weighted by molar-refractivity contribution is 9.10. The quantitative estimate of drug-likeness (QED) is 0.725. The van der Waals surface area contributed by atoms with Gasteiger partial charge in [-0.1, -0.05) is 42.5 Å². The summed E-state index contributed by atoms with van der Waals surface area (Å²) in [4.78, 5) is 14.6. The van der Waals surface area contributed by atoms with E-state index in [0.29, 0.717) is 0 Å². The van der Waals surface area contributed by atoms with Gasteiger partial charge in [0.15, 0.2) is 0 Å². The maximum Gasteiger partial charge on any atom is 0.249 e. The predicted octanol–water partition coefficient (Wildman–Crippen LogP) is 3.96. The van der Waals surface area contributed by atoms with E-state index in [2.05, 4.69) is 20.9 Å². The van der Waals surface area contributed by atoms with Gasteiger partial charge in [-0.05, 0) is 33.1 Å². The molecular formula is C15H10BrNO. The number of halogens is 1. The van der Waals surface area contributed by atoms with Gasteiger partial charge in [0, 0.05) is 15.9 Å². The van der Waals surface area contributed by atoms with Gasteiger partial charge in [-0.25, -0.2) is 0 Å². The molecule has 0 saturated heterocycles. The molecule has 0 unspecified atom stereocenters. The third-order valence-corrected chi connectivity index (χ3v) is 3.57. The summed E-state index contributed by atoms with van der Waals surface area (Å²) in [7, 11) is 0. The van der Waals surface area contributed by atoms with Crippen LogP contribution in [0.1, 0.15) is 0 Å². The van der Waals surface area contributed by atoms with Crippen molar-refractivity contribution in [2.24, 2.45) is 0 Å². The summed E-state index contributed by atoms with van der Waals surface area (Å²) < 4.78 is 0.898. The molecule has 1 N–H and O–H groups in total. The lowest BCUT2D eigenvalue weighted by Gasteiger charge is -2.07. The minimum atomic E-state index is -0.0896. The van der Waals surface area contributed by atoms with Gasteiger partial charge in [0.05, 0.1) is 5.52 Å². The molecule has 0 aliphatic heterocycles. The Bertz CT molecular complexity index is 762. The number of rotatable bonds is 1. The van der Waals surface area contributed by atoms with Gasteiger partial charge in [-0.2, -0.15) is 0 Å². The molecule has 3 heteroatoms. The van der Waals surface area contributed by atoms with Crippen molar-refractivity contribution >= 4 is 26.8 Å². The van der Waals surface area contributed by atoms with Gasteiger partial charge in [-0.3, -0.25) is 4.79 Å². The zero-order valence-electron chi connectivity index (χ0n) is 9.48. The monoisotopic (exact) mass is 299 g/mol. The van der Waals surface area contributed by atoms with Crippen molar-refractivity contribution in [3.8, 4) is 11.1 Å². The summed E-state index contributed by atoms with van der Waals surface area (Å²) in [5, 5.41) is 1.04. The molecule has 88 valence electrons. The first-order chi connectivity index (χ1) is 8.75. The van der Waals surface area contributed by atoms with Crippen LogP contribution in [0, 0.1) is 0 Å². The third kappa shape index (κ3) is 1.87. The molecule has 0 fully saturated rings. The van der Waals surface area contributed by atoms with Crippen molar-refractivity contribution < 1.29 is 0 Å². The number of aromatic amines is 1. The number of aromatic nitrogens is 1. The normalized spacial score (nSPS) is 10.7. The lowest BCUT2D eigenvalue weighted by atomic mass is 10.0. The van der Waals surface area contributed by atoms with Gasteiger partial charge in [0.1, 0.15) is 0 Å². The lowest BCUT2D eigenvalue weighted by molar-refractivity contribution is 1.30. The summed E-state index contributed by atoms with van der Waals surface area (Å²) >= 11 is 3.47. The molecule has 0 saturated carbocycles. The fraction of sp³-hybridized carbons (Fsp3) is 0. The van der Waals surface area contributed by atoms with Crippen LogP contribution in [-0.2, 0) is 0 Å². The molecule has 0 spiro atoms. The molecule has 0 atom stereocenters. The molecule has 0 amide bonds. The maximum absolute atomic E-state index is 11.8. The Morgan fingerprint density at radius 3 is 2.50 bits per heavy atom. The second-order valence-corrected chi connectivity index (χ2v) is 4.93. The Morgan fingerprint density at radius 1 is 0.944 bits per heavy atom. The Balaban J connectivity index is 2.43. The molecule has 0 aliphatic carbocycles. The highest BCUT2D eigenvalue weighted by Crippen LogP contribution is 2.29. The Morgan fingerprint density at radius 2 is 1.72 bits per heavy atom. The van der Waals surface area contributed by atoms with Crippen LogP contribution in [-0.4, -0.2) is 4.98 Å². The summed E-state index contributed by atoms with van der Waals surface area (Å²) in [6, 6.07) is 17.5. The average molecular weight is 300 g/mol. The molecule has 0 radical (unpaired) electrons. The number of hydrogen-bond donors (Lipinski definition) is 1. The maximum atomic E-state index is 11.8. The van der Waals surface area contributed by atoms with Crippen LogP contribution in [0.2, 0.25) is 0 Å². The molecule has 0 bridgehead atoms. The first-order valence-electron chi connectivity index (χ1n) is 5.63. The van der Waals surface area contributed by atoms with Gasteiger partial charge in [0.2, 0.25) is 5.56 Å². The lowest BCUT2D eigenvalue weighted by Crippen LogP contribution is -2.05. The number of hydrogen-bond acceptors (Lipinski definition) is 1. The van der Waals surface area contributed by atoms with Crippen LogP contribution >= 0.6 is 15.9 Å². The first kappa shape index (κ1) is 11.2. The van der Waals surface area contributed by atoms with Crippen LogP contribution < -0.4 is 5.56 Å². The number of benzene rings is 2. The standard InChI is InChI=1S/C15H10BrNO/c16-13-8-4-7-11-12(9-14(18)17-15(11)13)10-5-2-1-3-6-10/h1-9H,(H,17,18). The minimum absolute atomic E-state index is 0.0896. The second kappa shape index (κ2) is 4.42. The van der Waals surface area contributed by atoms with E-state index < -0.39 is 0 Å². The summed E-state index contributed by atoms with van der Waals surface area (Å²) in [6.07, 6.45) is 0. The van der Waals surface area contributed by atoms with E-state index in [0.717, 1.165) is 26.5 Å². The SMILES string of the molecule is O=c1cc(-c2ccccc2)c2cccc(Br)c2[nH]1. The number of H-pyrrole nitrogens is 1. The van der Waals surface area contributed by atoms with E-state index in [1.54, 1.807) is 6.07 Å². The Kier molecular flexibility index (Phi) is 2.76. The number of nitrogens with one attached hydrogen (secondary N) is 1. The van der Waals surface area contributed by atoms with Crippen LogP contribution in [0.15, 0.2) is 63.9 Å². The number of pyridine rings is 1. The molecular weight excluding hydrogens is 290 g/mol. The molecule has 2 nitrogen and oxygen atoms in total. The van der Waals surface area contributed by atoms with Crippen molar-refractivity contribution in [3.05, 3.63) is 69.4 Å². The van der Waals surface area contributed by atoms with E-state index >= 15 is 0 Å². The molecule has 1 aromatic heterocycles. The second-order valence-electron chi connectivity index (χ2n) is 4.08. The van der Waals surface area contributed by atoms with E-state index in [9.17, 15) is 4.79 Å². The predicted molar refractivity (Wildman–Crippen MR) is 77.7 cm³/mol. The smallest absolute Gasteiger partial charge is 0.249 e. The number of para-hydroxylation sites is 1. The topological polar surface area (TPSA) is 32.9 Å². The molecule has 1 heterocycles. The first-order valence-corrected chi connectivity index (χ1v) is 6.42. The van der Waals surface area contributed by atoms with Crippen molar-refractivity contribution in [2.45, 2.75) is 0 Å². The van der Waals surface area contributed by atoms with E-state index in [1.165, 1.54) is 0 Å². The van der Waals surface area contributed by atoms with Gasteiger partial charge >= 0.3 is 0 Å². The molecule has 3 aromatic rings. The summed E-state index contributed by atoms with van der Waals surface area (Å²) in [5.74, 6) is 0. The fourth-order valence-electron chi connectivity index (χ4n) is 2.10. The van der Waals surface area contributed by atoms with Crippen molar-refractivity contribution in [1.82, 2.24) is 4.98 Å². The molecule has 3 rings (SSSR count).